The zero-order chi connectivity index (χ0) is 22.0. The van der Waals surface area contributed by atoms with E-state index < -0.39 is 4.92 Å². The number of hydrogen-bond donors (Lipinski definition) is 0. The minimum Gasteiger partial charge on any atom is -0.293 e. The molecule has 31 heavy (non-hydrogen) atoms. The first kappa shape index (κ1) is 21.0. The zero-order valence-corrected chi connectivity index (χ0v) is 18.2. The number of aromatic nitrogens is 2. The fraction of sp³-hybridized carbons (Fsp3) is 0.136. The average molecular weight is 451 g/mol. The van der Waals surface area contributed by atoms with Gasteiger partial charge >= 0.3 is 0 Å². The van der Waals surface area contributed by atoms with Crippen molar-refractivity contribution in [3.63, 3.8) is 0 Å². The van der Waals surface area contributed by atoms with Gasteiger partial charge in [-0.1, -0.05) is 49.1 Å². The summed E-state index contributed by atoms with van der Waals surface area (Å²) in [7, 11) is 0. The Hall–Kier alpha value is -3.30. The van der Waals surface area contributed by atoms with E-state index in [1.54, 1.807) is 27.8 Å². The number of carbonyl (C=O) groups excluding carboxylic acids is 1. The second kappa shape index (κ2) is 8.83. The molecule has 0 spiro atoms. The summed E-state index contributed by atoms with van der Waals surface area (Å²) >= 11 is 6.64. The zero-order valence-electron chi connectivity index (χ0n) is 16.6. The number of rotatable bonds is 6. The van der Waals surface area contributed by atoms with E-state index in [4.69, 9.17) is 17.3 Å². The largest absolute Gasteiger partial charge is 0.293 e. The highest BCUT2D eigenvalue weighted by molar-refractivity contribution is 8.26. The molecule has 0 atom stereocenters. The van der Waals surface area contributed by atoms with Crippen molar-refractivity contribution < 1.29 is 9.72 Å². The highest BCUT2D eigenvalue weighted by atomic mass is 32.2. The van der Waals surface area contributed by atoms with Crippen LogP contribution in [0.25, 0.3) is 23.0 Å². The molecule has 0 bridgehead atoms. The molecule has 2 aromatic carbocycles. The molecule has 3 aromatic rings. The van der Waals surface area contributed by atoms with Crippen molar-refractivity contribution in [2.24, 2.45) is 0 Å². The number of para-hydroxylation sites is 1. The van der Waals surface area contributed by atoms with E-state index in [0.29, 0.717) is 21.5 Å². The lowest BCUT2D eigenvalue weighted by Gasteiger charge is -2.11. The molecule has 0 saturated carbocycles. The Morgan fingerprint density at radius 3 is 2.52 bits per heavy atom. The Bertz CT molecular complexity index is 1190. The second-order valence-corrected chi connectivity index (χ2v) is 8.53. The first-order valence-electron chi connectivity index (χ1n) is 9.63. The molecule has 1 aromatic heterocycles. The number of nitrogens with zero attached hydrogens (tertiary/aromatic N) is 4. The number of amides is 1. The van der Waals surface area contributed by atoms with E-state index >= 15 is 0 Å². The molecule has 1 aliphatic rings. The van der Waals surface area contributed by atoms with Gasteiger partial charge in [0, 0.05) is 36.0 Å². The van der Waals surface area contributed by atoms with Crippen LogP contribution in [-0.4, -0.2) is 36.4 Å². The number of thioether (sulfide) groups is 1. The van der Waals surface area contributed by atoms with Gasteiger partial charge in [0.15, 0.2) is 0 Å². The number of benzene rings is 2. The molecule has 0 unspecified atom stereocenters. The van der Waals surface area contributed by atoms with E-state index in [1.807, 2.05) is 43.5 Å². The Morgan fingerprint density at radius 2 is 1.87 bits per heavy atom. The molecule has 1 fully saturated rings. The lowest BCUT2D eigenvalue weighted by Crippen LogP contribution is -2.28. The van der Waals surface area contributed by atoms with E-state index in [-0.39, 0.29) is 11.6 Å². The summed E-state index contributed by atoms with van der Waals surface area (Å²) in [5.41, 5.74) is 2.95. The van der Waals surface area contributed by atoms with Crippen molar-refractivity contribution in [3.8, 4) is 16.9 Å². The first-order valence-corrected chi connectivity index (χ1v) is 10.9. The van der Waals surface area contributed by atoms with Crippen LogP contribution in [0.2, 0.25) is 0 Å². The molecule has 1 saturated heterocycles. The molecule has 0 aliphatic carbocycles. The van der Waals surface area contributed by atoms with Crippen LogP contribution in [0.15, 0.2) is 65.7 Å². The molecular weight excluding hydrogens is 432 g/mol. The van der Waals surface area contributed by atoms with Crippen molar-refractivity contribution in [2.75, 3.05) is 6.54 Å². The Labute approximate surface area is 188 Å². The second-order valence-electron chi connectivity index (χ2n) is 6.85. The van der Waals surface area contributed by atoms with Crippen LogP contribution < -0.4 is 0 Å². The maximum atomic E-state index is 12.8. The number of non-ortho nitro benzene ring substituents is 1. The Morgan fingerprint density at radius 1 is 1.16 bits per heavy atom. The third-order valence-corrected chi connectivity index (χ3v) is 6.10. The first-order chi connectivity index (χ1) is 15.0. The SMILES string of the molecule is CCCN1C(=O)C(=Cc2cn(-c3ccccc3)nc2-c2ccc([N+](=O)[O-])cc2)SC1=S. The fourth-order valence-electron chi connectivity index (χ4n) is 3.23. The summed E-state index contributed by atoms with van der Waals surface area (Å²) in [4.78, 5) is 25.5. The lowest BCUT2D eigenvalue weighted by atomic mass is 10.1. The van der Waals surface area contributed by atoms with Gasteiger partial charge in [-0.3, -0.25) is 19.8 Å². The quantitative estimate of drug-likeness (QED) is 0.226. The molecule has 7 nitrogen and oxygen atoms in total. The van der Waals surface area contributed by atoms with Gasteiger partial charge in [0.2, 0.25) is 0 Å². The third kappa shape index (κ3) is 4.28. The van der Waals surface area contributed by atoms with Crippen molar-refractivity contribution in [1.29, 1.82) is 0 Å². The van der Waals surface area contributed by atoms with E-state index in [0.717, 1.165) is 23.2 Å². The molecule has 156 valence electrons. The Balaban J connectivity index is 1.79. The summed E-state index contributed by atoms with van der Waals surface area (Å²) in [6.07, 6.45) is 4.45. The van der Waals surface area contributed by atoms with Crippen LogP contribution in [0.1, 0.15) is 18.9 Å². The summed E-state index contributed by atoms with van der Waals surface area (Å²) in [5, 5.41) is 15.7. The predicted octanol–water partition coefficient (Wildman–Crippen LogP) is 5.06. The van der Waals surface area contributed by atoms with Gasteiger partial charge in [0.25, 0.3) is 11.6 Å². The Kier molecular flexibility index (Phi) is 5.97. The van der Waals surface area contributed by atoms with Crippen molar-refractivity contribution in [2.45, 2.75) is 13.3 Å². The standard InChI is InChI=1S/C22H18N4O3S2/c1-2-12-24-21(27)19(31-22(24)30)13-16-14-25(17-6-4-3-5-7-17)23-20(16)15-8-10-18(11-9-15)26(28)29/h3-11,13-14H,2,12H2,1H3. The van der Waals surface area contributed by atoms with Crippen LogP contribution >= 0.6 is 24.0 Å². The monoisotopic (exact) mass is 450 g/mol. The average Bonchev–Trinajstić information content (AvgIpc) is 3.31. The van der Waals surface area contributed by atoms with Crippen molar-refractivity contribution >= 4 is 46.0 Å². The van der Waals surface area contributed by atoms with Crippen molar-refractivity contribution in [3.05, 3.63) is 81.4 Å². The summed E-state index contributed by atoms with van der Waals surface area (Å²) in [6.45, 7) is 2.58. The number of nitro groups is 1. The number of nitro benzene ring substituents is 1. The smallest absolute Gasteiger partial charge is 0.269 e. The van der Waals surface area contributed by atoms with E-state index in [9.17, 15) is 14.9 Å². The van der Waals surface area contributed by atoms with Gasteiger partial charge in [0.05, 0.1) is 21.2 Å². The summed E-state index contributed by atoms with van der Waals surface area (Å²) in [6, 6.07) is 15.8. The highest BCUT2D eigenvalue weighted by Gasteiger charge is 2.31. The number of hydrogen-bond acceptors (Lipinski definition) is 6. The molecule has 2 heterocycles. The summed E-state index contributed by atoms with van der Waals surface area (Å²) < 4.78 is 2.28. The molecule has 1 aliphatic heterocycles. The van der Waals surface area contributed by atoms with E-state index in [2.05, 4.69) is 0 Å². The molecule has 0 N–H and O–H groups in total. The lowest BCUT2D eigenvalue weighted by molar-refractivity contribution is -0.384. The van der Waals surface area contributed by atoms with Crippen LogP contribution in [0.3, 0.4) is 0 Å². The molecule has 9 heteroatoms. The van der Waals surface area contributed by atoms with E-state index in [1.165, 1.54) is 23.9 Å². The molecular formula is C22H18N4O3S2. The molecule has 0 radical (unpaired) electrons. The maximum Gasteiger partial charge on any atom is 0.269 e. The van der Waals surface area contributed by atoms with Gasteiger partial charge in [-0.05, 0) is 36.8 Å². The van der Waals surface area contributed by atoms with Gasteiger partial charge in [-0.2, -0.15) is 5.10 Å². The summed E-state index contributed by atoms with van der Waals surface area (Å²) in [5.74, 6) is -0.112. The fourth-order valence-corrected chi connectivity index (χ4v) is 4.53. The van der Waals surface area contributed by atoms with Gasteiger partial charge < -0.3 is 0 Å². The molecule has 4 rings (SSSR count). The van der Waals surface area contributed by atoms with Crippen LogP contribution in [-0.2, 0) is 4.79 Å². The van der Waals surface area contributed by atoms with Gasteiger partial charge in [-0.25, -0.2) is 4.68 Å². The topological polar surface area (TPSA) is 81.3 Å². The number of thiocarbonyl (C=S) groups is 1. The van der Waals surface area contributed by atoms with Crippen LogP contribution in [0.5, 0.6) is 0 Å². The number of carbonyl (C=O) groups is 1. The van der Waals surface area contributed by atoms with Gasteiger partial charge in [-0.15, -0.1) is 0 Å². The minimum atomic E-state index is -0.438. The van der Waals surface area contributed by atoms with Crippen molar-refractivity contribution in [1.82, 2.24) is 14.7 Å². The highest BCUT2D eigenvalue weighted by Crippen LogP contribution is 2.35. The molecule has 1 amide bonds. The predicted molar refractivity (Wildman–Crippen MR) is 126 cm³/mol. The minimum absolute atomic E-state index is 0.00762. The van der Waals surface area contributed by atoms with Gasteiger partial charge in [0.1, 0.15) is 4.32 Å². The third-order valence-electron chi connectivity index (χ3n) is 4.72. The normalized spacial score (nSPS) is 15.1. The van der Waals surface area contributed by atoms with Crippen LogP contribution in [0, 0.1) is 10.1 Å². The van der Waals surface area contributed by atoms with Crippen LogP contribution in [0.4, 0.5) is 5.69 Å². The maximum absolute atomic E-state index is 12.8.